The van der Waals surface area contributed by atoms with Gasteiger partial charge >= 0.3 is 12.1 Å². The molecule has 1 unspecified atom stereocenters. The Balaban J connectivity index is 0.000000370. The van der Waals surface area contributed by atoms with Crippen LogP contribution in [0.1, 0.15) is 31.7 Å². The second-order valence-electron chi connectivity index (χ2n) is 7.64. The fourth-order valence-corrected chi connectivity index (χ4v) is 3.99. The van der Waals surface area contributed by atoms with Gasteiger partial charge in [-0.3, -0.25) is 9.58 Å². The summed E-state index contributed by atoms with van der Waals surface area (Å²) < 4.78 is 45.1. The number of hydrogen-bond donors (Lipinski definition) is 1. The van der Waals surface area contributed by atoms with Gasteiger partial charge in [0.25, 0.3) is 0 Å². The number of carbonyl (C=O) groups is 1. The van der Waals surface area contributed by atoms with E-state index in [1.165, 1.54) is 37.9 Å². The van der Waals surface area contributed by atoms with Gasteiger partial charge in [0.05, 0.1) is 19.4 Å². The number of ether oxygens (including phenoxy) is 2. The minimum absolute atomic E-state index is 0.443. The predicted molar refractivity (Wildman–Crippen MR) is 99.3 cm³/mol. The molecule has 1 aromatic rings. The van der Waals surface area contributed by atoms with Gasteiger partial charge in [-0.1, -0.05) is 0 Å². The first-order valence-corrected chi connectivity index (χ1v) is 9.82. The Hall–Kier alpha value is -1.65. The molecule has 3 rings (SSSR count). The van der Waals surface area contributed by atoms with Crippen LogP contribution < -0.4 is 0 Å². The lowest BCUT2D eigenvalue weighted by atomic mass is 9.66. The number of nitrogens with zero attached hydrogens (tertiary/aromatic N) is 3. The van der Waals surface area contributed by atoms with Crippen molar-refractivity contribution in [3.8, 4) is 0 Å². The lowest BCUT2D eigenvalue weighted by Crippen LogP contribution is -2.49. The van der Waals surface area contributed by atoms with Crippen molar-refractivity contribution >= 4 is 5.97 Å². The molecule has 7 nitrogen and oxygen atoms in total. The number of halogens is 3. The fourth-order valence-electron chi connectivity index (χ4n) is 3.99. The van der Waals surface area contributed by atoms with E-state index >= 15 is 0 Å². The van der Waals surface area contributed by atoms with Crippen molar-refractivity contribution in [1.29, 1.82) is 0 Å². The maximum Gasteiger partial charge on any atom is 0.490 e. The first-order valence-electron chi connectivity index (χ1n) is 9.82. The number of aliphatic carboxylic acids is 1. The van der Waals surface area contributed by atoms with E-state index in [0.29, 0.717) is 11.3 Å². The second kappa shape index (κ2) is 10.4. The Kier molecular flexibility index (Phi) is 8.47. The van der Waals surface area contributed by atoms with Crippen molar-refractivity contribution in [3.05, 3.63) is 18.0 Å². The molecule has 10 heteroatoms. The first kappa shape index (κ1) is 23.6. The van der Waals surface area contributed by atoms with Crippen LogP contribution in [0.15, 0.2) is 12.4 Å². The van der Waals surface area contributed by atoms with Gasteiger partial charge in [-0.15, -0.1) is 0 Å². The SMILES string of the molecule is CCOCC1COCCC12CCN(Cc1cnn(C)c1)CC2.O=C(O)C(F)(F)F. The van der Waals surface area contributed by atoms with Crippen molar-refractivity contribution in [2.45, 2.75) is 38.9 Å². The van der Waals surface area contributed by atoms with E-state index in [1.54, 1.807) is 0 Å². The highest BCUT2D eigenvalue weighted by molar-refractivity contribution is 5.73. The number of piperidine rings is 1. The molecule has 0 aliphatic carbocycles. The smallest absolute Gasteiger partial charge is 0.475 e. The zero-order chi connectivity index (χ0) is 21.5. The first-order chi connectivity index (χ1) is 13.7. The third-order valence-corrected chi connectivity index (χ3v) is 5.71. The summed E-state index contributed by atoms with van der Waals surface area (Å²) in [6.07, 6.45) is 2.77. The van der Waals surface area contributed by atoms with Crippen LogP contribution in [0.3, 0.4) is 0 Å². The lowest BCUT2D eigenvalue weighted by molar-refractivity contribution is -0.192. The molecule has 1 spiro atoms. The summed E-state index contributed by atoms with van der Waals surface area (Å²) in [7, 11) is 1.98. The van der Waals surface area contributed by atoms with Crippen LogP contribution in [0, 0.1) is 11.3 Å². The molecule has 1 aromatic heterocycles. The van der Waals surface area contributed by atoms with Crippen LogP contribution in [0.5, 0.6) is 0 Å². The Labute approximate surface area is 168 Å². The average Bonchev–Trinajstić information content (AvgIpc) is 3.07. The van der Waals surface area contributed by atoms with Crippen molar-refractivity contribution < 1.29 is 32.5 Å². The molecule has 29 heavy (non-hydrogen) atoms. The Bertz CT molecular complexity index is 643. The lowest BCUT2D eigenvalue weighted by Gasteiger charge is -2.49. The van der Waals surface area contributed by atoms with Gasteiger partial charge < -0.3 is 14.6 Å². The second-order valence-corrected chi connectivity index (χ2v) is 7.64. The number of alkyl halides is 3. The van der Waals surface area contributed by atoms with Gasteiger partial charge in [0.15, 0.2) is 0 Å². The van der Waals surface area contributed by atoms with Crippen molar-refractivity contribution in [1.82, 2.24) is 14.7 Å². The molecule has 166 valence electrons. The summed E-state index contributed by atoms with van der Waals surface area (Å²) in [6, 6.07) is 0. The molecule has 0 amide bonds. The molecule has 0 radical (unpaired) electrons. The Morgan fingerprint density at radius 3 is 2.55 bits per heavy atom. The molecule has 0 aromatic carbocycles. The molecule has 0 saturated carbocycles. The summed E-state index contributed by atoms with van der Waals surface area (Å²) in [5, 5.41) is 11.4. The highest BCUT2D eigenvalue weighted by atomic mass is 19.4. The normalized spacial score (nSPS) is 22.2. The third-order valence-electron chi connectivity index (χ3n) is 5.71. The van der Waals surface area contributed by atoms with E-state index in [-0.39, 0.29) is 0 Å². The van der Waals surface area contributed by atoms with Crippen molar-refractivity contribution in [3.63, 3.8) is 0 Å². The molecule has 2 saturated heterocycles. The largest absolute Gasteiger partial charge is 0.490 e. The minimum Gasteiger partial charge on any atom is -0.475 e. The zero-order valence-corrected chi connectivity index (χ0v) is 17.0. The maximum absolute atomic E-state index is 10.6. The van der Waals surface area contributed by atoms with Crippen LogP contribution >= 0.6 is 0 Å². The van der Waals surface area contributed by atoms with Gasteiger partial charge in [-0.2, -0.15) is 18.3 Å². The van der Waals surface area contributed by atoms with Crippen LogP contribution in [-0.4, -0.2) is 71.4 Å². The Morgan fingerprint density at radius 2 is 2.03 bits per heavy atom. The summed E-state index contributed by atoms with van der Waals surface area (Å²) in [5.74, 6) is -2.19. The number of carboxylic acid groups (broad SMARTS) is 1. The van der Waals surface area contributed by atoms with Gasteiger partial charge in [0, 0.05) is 44.5 Å². The fraction of sp³-hybridized carbons (Fsp3) is 0.789. The Morgan fingerprint density at radius 1 is 1.38 bits per heavy atom. The average molecular weight is 421 g/mol. The topological polar surface area (TPSA) is 76.8 Å². The summed E-state index contributed by atoms with van der Waals surface area (Å²) >= 11 is 0. The van der Waals surface area contributed by atoms with Gasteiger partial charge in [-0.05, 0) is 44.7 Å². The van der Waals surface area contributed by atoms with Crippen LogP contribution in [0.4, 0.5) is 13.2 Å². The number of rotatable bonds is 5. The molecular formula is C19H30F3N3O4. The number of carboxylic acids is 1. The molecule has 1 atom stereocenters. The van der Waals surface area contributed by atoms with E-state index in [1.807, 2.05) is 17.9 Å². The van der Waals surface area contributed by atoms with Gasteiger partial charge in [0.1, 0.15) is 0 Å². The van der Waals surface area contributed by atoms with Crippen LogP contribution in [-0.2, 0) is 27.9 Å². The highest BCUT2D eigenvalue weighted by Crippen LogP contribution is 2.45. The third kappa shape index (κ3) is 6.97. The maximum atomic E-state index is 10.6. The summed E-state index contributed by atoms with van der Waals surface area (Å²) in [6.45, 7) is 8.92. The zero-order valence-electron chi connectivity index (χ0n) is 17.0. The number of aryl methyl sites for hydroxylation is 1. The molecule has 1 N–H and O–H groups in total. The molecular weight excluding hydrogens is 391 g/mol. The van der Waals surface area contributed by atoms with E-state index in [9.17, 15) is 13.2 Å². The van der Waals surface area contributed by atoms with Gasteiger partial charge in [-0.25, -0.2) is 4.79 Å². The monoisotopic (exact) mass is 421 g/mol. The standard InChI is InChI=1S/C17H29N3O2.C2HF3O2/c1-3-21-13-16-14-22-9-6-17(16)4-7-20(8-5-17)12-15-10-18-19(2)11-15;3-2(4,5)1(6)7/h10-11,16H,3-9,12-14H2,1-2H3;(H,6,7). The highest BCUT2D eigenvalue weighted by Gasteiger charge is 2.43. The molecule has 2 aliphatic rings. The van der Waals surface area contributed by atoms with Crippen LogP contribution in [0.2, 0.25) is 0 Å². The van der Waals surface area contributed by atoms with E-state index < -0.39 is 12.1 Å². The number of aromatic nitrogens is 2. The minimum atomic E-state index is -5.08. The molecule has 2 fully saturated rings. The number of likely N-dealkylation sites (tertiary alicyclic amines) is 1. The quantitative estimate of drug-likeness (QED) is 0.788. The molecule has 3 heterocycles. The van der Waals surface area contributed by atoms with Crippen molar-refractivity contribution in [2.75, 3.05) is 39.5 Å². The predicted octanol–water partition coefficient (Wildman–Crippen LogP) is 2.71. The molecule has 2 aliphatic heterocycles. The van der Waals surface area contributed by atoms with Crippen LogP contribution in [0.25, 0.3) is 0 Å². The van der Waals surface area contributed by atoms with E-state index in [4.69, 9.17) is 19.4 Å². The van der Waals surface area contributed by atoms with Crippen molar-refractivity contribution in [2.24, 2.45) is 18.4 Å². The summed E-state index contributed by atoms with van der Waals surface area (Å²) in [5.41, 5.74) is 1.76. The van der Waals surface area contributed by atoms with E-state index in [2.05, 4.69) is 23.1 Å². The van der Waals surface area contributed by atoms with E-state index in [0.717, 1.165) is 33.0 Å². The van der Waals surface area contributed by atoms with Gasteiger partial charge in [0.2, 0.25) is 0 Å². The number of hydrogen-bond acceptors (Lipinski definition) is 5. The summed E-state index contributed by atoms with van der Waals surface area (Å²) in [4.78, 5) is 11.5. The molecule has 0 bridgehead atoms.